The van der Waals surface area contributed by atoms with Gasteiger partial charge in [0.05, 0.1) is 0 Å². The summed E-state index contributed by atoms with van der Waals surface area (Å²) < 4.78 is 11.3. The van der Waals surface area contributed by atoms with Gasteiger partial charge in [0.15, 0.2) is 0 Å². The summed E-state index contributed by atoms with van der Waals surface area (Å²) >= 11 is 0. The lowest BCUT2D eigenvalue weighted by Gasteiger charge is -2.33. The van der Waals surface area contributed by atoms with E-state index in [4.69, 9.17) is 9.31 Å². The molecule has 0 aromatic carbocycles. The third kappa shape index (κ3) is 2.14. The van der Waals surface area contributed by atoms with E-state index in [2.05, 4.69) is 18.8 Å². The predicted octanol–water partition coefficient (Wildman–Crippen LogP) is 0.850. The predicted molar refractivity (Wildman–Crippen MR) is 55.3 cm³/mol. The van der Waals surface area contributed by atoms with Gasteiger partial charge in [-0.15, -0.1) is 0 Å². The van der Waals surface area contributed by atoms with Crippen LogP contribution in [0.2, 0.25) is 0 Å². The summed E-state index contributed by atoms with van der Waals surface area (Å²) in [6.45, 7) is 5.74. The fraction of sp³-hybridized carbons (Fsp3) is 0.500. The molecule has 1 aliphatic rings. The van der Waals surface area contributed by atoms with Crippen molar-refractivity contribution in [3.05, 3.63) is 24.5 Å². The number of aromatic nitrogens is 1. The maximum absolute atomic E-state index is 5.63. The summed E-state index contributed by atoms with van der Waals surface area (Å²) in [6.07, 6.45) is 3.50. The average Bonchev–Trinajstić information content (AvgIpc) is 2.19. The van der Waals surface area contributed by atoms with Gasteiger partial charge in [-0.2, -0.15) is 0 Å². The fourth-order valence-corrected chi connectivity index (χ4v) is 1.41. The molecule has 0 radical (unpaired) electrons. The molecule has 0 saturated carbocycles. The molecule has 2 rings (SSSR count). The first-order valence-corrected chi connectivity index (χ1v) is 4.80. The van der Waals surface area contributed by atoms with Gasteiger partial charge in [-0.1, -0.05) is 13.8 Å². The van der Waals surface area contributed by atoms with E-state index < -0.39 is 0 Å². The molecule has 14 heavy (non-hydrogen) atoms. The molecule has 1 saturated heterocycles. The largest absolute Gasteiger partial charge is 0.494 e. The molecule has 0 amide bonds. The molecule has 74 valence electrons. The van der Waals surface area contributed by atoms with E-state index in [1.165, 1.54) is 0 Å². The molecule has 0 spiro atoms. The van der Waals surface area contributed by atoms with Gasteiger partial charge in [0.1, 0.15) is 0 Å². The van der Waals surface area contributed by atoms with Gasteiger partial charge < -0.3 is 9.31 Å². The molecule has 2 heterocycles. The number of hydrogen-bond donors (Lipinski definition) is 0. The summed E-state index contributed by atoms with van der Waals surface area (Å²) in [4.78, 5) is 3.96. The lowest BCUT2D eigenvalue weighted by Crippen LogP contribution is -2.47. The molecule has 0 bridgehead atoms. The van der Waals surface area contributed by atoms with E-state index in [-0.39, 0.29) is 12.5 Å². The summed E-state index contributed by atoms with van der Waals surface area (Å²) in [5.74, 6) is 0. The molecule has 0 aliphatic carbocycles. The van der Waals surface area contributed by atoms with E-state index >= 15 is 0 Å². The maximum atomic E-state index is 5.63. The molecule has 0 N–H and O–H groups in total. The highest BCUT2D eigenvalue weighted by Crippen LogP contribution is 2.21. The van der Waals surface area contributed by atoms with Crippen molar-refractivity contribution in [1.29, 1.82) is 0 Å². The summed E-state index contributed by atoms with van der Waals surface area (Å²) in [6, 6.07) is 3.84. The van der Waals surface area contributed by atoms with Crippen molar-refractivity contribution < 1.29 is 9.31 Å². The van der Waals surface area contributed by atoms with Crippen LogP contribution in [-0.2, 0) is 9.31 Å². The van der Waals surface area contributed by atoms with Crippen LogP contribution in [-0.4, -0.2) is 25.3 Å². The minimum absolute atomic E-state index is 0.129. The highest BCUT2D eigenvalue weighted by Gasteiger charge is 2.33. The van der Waals surface area contributed by atoms with Crippen LogP contribution in [0.5, 0.6) is 0 Å². The normalized spacial score (nSPS) is 20.9. The highest BCUT2D eigenvalue weighted by molar-refractivity contribution is 6.61. The third-order valence-electron chi connectivity index (χ3n) is 2.23. The van der Waals surface area contributed by atoms with Gasteiger partial charge in [-0.25, -0.2) is 0 Å². The second-order valence-corrected chi connectivity index (χ2v) is 4.40. The van der Waals surface area contributed by atoms with Gasteiger partial charge in [0, 0.05) is 31.0 Å². The van der Waals surface area contributed by atoms with Crippen LogP contribution in [0, 0.1) is 5.41 Å². The first kappa shape index (κ1) is 9.68. The van der Waals surface area contributed by atoms with Crippen LogP contribution in [0.4, 0.5) is 0 Å². The zero-order valence-electron chi connectivity index (χ0n) is 8.56. The SMILES string of the molecule is CC1(C)COB(c2ccncc2)OC1. The molecule has 0 atom stereocenters. The number of nitrogens with zero attached hydrogens (tertiary/aromatic N) is 1. The van der Waals surface area contributed by atoms with Gasteiger partial charge in [-0.3, -0.25) is 4.98 Å². The smallest absolute Gasteiger partial charge is 0.407 e. The van der Waals surface area contributed by atoms with Gasteiger partial charge in [0.2, 0.25) is 0 Å². The van der Waals surface area contributed by atoms with Crippen molar-refractivity contribution in [2.75, 3.05) is 13.2 Å². The Morgan fingerprint density at radius 3 is 2.36 bits per heavy atom. The zero-order chi connectivity index (χ0) is 10.0. The summed E-state index contributed by atoms with van der Waals surface area (Å²) in [5, 5.41) is 0. The Balaban J connectivity index is 2.03. The summed E-state index contributed by atoms with van der Waals surface area (Å²) in [5.41, 5.74) is 1.17. The Morgan fingerprint density at radius 2 is 1.79 bits per heavy atom. The first-order chi connectivity index (χ1) is 6.67. The summed E-state index contributed by atoms with van der Waals surface area (Å²) in [7, 11) is -0.217. The average molecular weight is 191 g/mol. The molecule has 1 aliphatic heterocycles. The van der Waals surface area contributed by atoms with Crippen LogP contribution < -0.4 is 5.46 Å². The van der Waals surface area contributed by atoms with Crippen molar-refractivity contribution in [1.82, 2.24) is 4.98 Å². The van der Waals surface area contributed by atoms with E-state index in [1.54, 1.807) is 12.4 Å². The Bertz CT molecular complexity index is 292. The molecule has 3 nitrogen and oxygen atoms in total. The Hall–Kier alpha value is -0.865. The number of hydrogen-bond acceptors (Lipinski definition) is 3. The molecular formula is C10H14BNO2. The molecule has 1 aromatic rings. The van der Waals surface area contributed by atoms with E-state index in [9.17, 15) is 0 Å². The fourth-order valence-electron chi connectivity index (χ4n) is 1.41. The Kier molecular flexibility index (Phi) is 2.57. The van der Waals surface area contributed by atoms with Crippen LogP contribution >= 0.6 is 0 Å². The lowest BCUT2D eigenvalue weighted by atomic mass is 9.76. The highest BCUT2D eigenvalue weighted by atomic mass is 16.6. The van der Waals surface area contributed by atoms with Crippen LogP contribution in [0.15, 0.2) is 24.5 Å². The topological polar surface area (TPSA) is 31.4 Å². The van der Waals surface area contributed by atoms with Crippen LogP contribution in [0.25, 0.3) is 0 Å². The second-order valence-electron chi connectivity index (χ2n) is 4.40. The standard InChI is InChI=1S/C10H14BNO2/c1-10(2)7-13-11(14-8-10)9-3-5-12-6-4-9/h3-6H,7-8H2,1-2H3. The molecule has 1 aromatic heterocycles. The van der Waals surface area contributed by atoms with Crippen molar-refractivity contribution in [3.63, 3.8) is 0 Å². The van der Waals surface area contributed by atoms with Crippen molar-refractivity contribution in [3.8, 4) is 0 Å². The van der Waals surface area contributed by atoms with E-state index in [0.29, 0.717) is 0 Å². The van der Waals surface area contributed by atoms with Crippen molar-refractivity contribution in [2.45, 2.75) is 13.8 Å². The monoisotopic (exact) mass is 191 g/mol. The van der Waals surface area contributed by atoms with Crippen molar-refractivity contribution >= 4 is 12.6 Å². The Labute approximate surface area is 84.6 Å². The zero-order valence-corrected chi connectivity index (χ0v) is 8.56. The van der Waals surface area contributed by atoms with Crippen LogP contribution in [0.1, 0.15) is 13.8 Å². The molecule has 4 heteroatoms. The van der Waals surface area contributed by atoms with Gasteiger partial charge >= 0.3 is 7.12 Å². The number of pyridine rings is 1. The second kappa shape index (κ2) is 3.71. The quantitative estimate of drug-likeness (QED) is 0.616. The van der Waals surface area contributed by atoms with E-state index in [1.807, 2.05) is 12.1 Å². The van der Waals surface area contributed by atoms with E-state index in [0.717, 1.165) is 18.7 Å². The minimum Gasteiger partial charge on any atom is -0.407 e. The molecular weight excluding hydrogens is 177 g/mol. The first-order valence-electron chi connectivity index (χ1n) is 4.80. The molecule has 1 fully saturated rings. The van der Waals surface area contributed by atoms with Gasteiger partial charge in [0.25, 0.3) is 0 Å². The maximum Gasteiger partial charge on any atom is 0.494 e. The minimum atomic E-state index is -0.217. The third-order valence-corrected chi connectivity index (χ3v) is 2.23. The lowest BCUT2D eigenvalue weighted by molar-refractivity contribution is 0.0343. The van der Waals surface area contributed by atoms with Crippen molar-refractivity contribution in [2.24, 2.45) is 5.41 Å². The van der Waals surface area contributed by atoms with Crippen LogP contribution in [0.3, 0.4) is 0 Å². The Morgan fingerprint density at radius 1 is 1.21 bits per heavy atom. The number of rotatable bonds is 1. The molecule has 0 unspecified atom stereocenters. The van der Waals surface area contributed by atoms with Gasteiger partial charge in [-0.05, 0) is 17.6 Å².